The van der Waals surface area contributed by atoms with E-state index in [1.54, 1.807) is 9.80 Å². The number of carbonyl (C=O) groups is 2. The molecule has 2 aliphatic rings. The number of ether oxygens (including phenoxy) is 1. The Morgan fingerprint density at radius 2 is 1.50 bits per heavy atom. The van der Waals surface area contributed by atoms with E-state index >= 15 is 0 Å². The second-order valence-electron chi connectivity index (χ2n) is 7.93. The van der Waals surface area contributed by atoms with Gasteiger partial charge >= 0.3 is 12.1 Å². The third-order valence-electron chi connectivity index (χ3n) is 6.12. The molecule has 0 spiro atoms. The third kappa shape index (κ3) is 3.52. The van der Waals surface area contributed by atoms with Crippen LogP contribution in [0.2, 0.25) is 0 Å². The van der Waals surface area contributed by atoms with Gasteiger partial charge in [-0.3, -0.25) is 4.90 Å². The van der Waals surface area contributed by atoms with Crippen molar-refractivity contribution in [1.82, 2.24) is 9.80 Å². The van der Waals surface area contributed by atoms with E-state index in [1.165, 1.54) is 0 Å². The van der Waals surface area contributed by atoms with Crippen molar-refractivity contribution < 1.29 is 14.3 Å². The van der Waals surface area contributed by atoms with Crippen molar-refractivity contribution in [3.05, 3.63) is 101 Å². The van der Waals surface area contributed by atoms with Gasteiger partial charge in [-0.2, -0.15) is 0 Å². The number of anilines is 1. The lowest BCUT2D eigenvalue weighted by molar-refractivity contribution is 0.0525. The Morgan fingerprint density at radius 3 is 2.09 bits per heavy atom. The average molecular weight is 492 g/mol. The molecule has 162 valence electrons. The first kappa shape index (κ1) is 20.6. The summed E-state index contributed by atoms with van der Waals surface area (Å²) in [6.07, 6.45) is -0.351. The van der Waals surface area contributed by atoms with Crippen molar-refractivity contribution in [2.45, 2.75) is 11.6 Å². The Balaban J connectivity index is 1.49. The van der Waals surface area contributed by atoms with Crippen LogP contribution >= 0.6 is 15.9 Å². The Kier molecular flexibility index (Phi) is 5.35. The molecular formula is C25H22BrN3O3. The lowest BCUT2D eigenvalue weighted by Crippen LogP contribution is -2.59. The molecule has 5 rings (SSSR count). The zero-order valence-electron chi connectivity index (χ0n) is 17.3. The summed E-state index contributed by atoms with van der Waals surface area (Å²) >= 11 is 3.41. The van der Waals surface area contributed by atoms with Gasteiger partial charge in [0, 0.05) is 40.9 Å². The van der Waals surface area contributed by atoms with Crippen LogP contribution in [0, 0.1) is 0 Å². The number of hydrogen-bond acceptors (Lipinski definition) is 3. The number of urea groups is 1. The highest BCUT2D eigenvalue weighted by Gasteiger charge is 2.58. The van der Waals surface area contributed by atoms with Crippen molar-refractivity contribution in [3.63, 3.8) is 0 Å². The summed E-state index contributed by atoms with van der Waals surface area (Å²) in [5.74, 6) is 0. The van der Waals surface area contributed by atoms with Crippen LogP contribution in [0.25, 0.3) is 0 Å². The minimum atomic E-state index is -0.990. The standard InChI is InChI=1S/C25H22BrN3O3/c26-20-11-13-21(14-12-20)27-23(30)28-15-16-29-22(17-28)25(32-24(29)31,18-7-3-1-4-8-18)19-9-5-2-6-10-19/h1-14,22H,15-17H2,(H,27,30). The van der Waals surface area contributed by atoms with Crippen molar-refractivity contribution in [2.75, 3.05) is 25.0 Å². The molecule has 2 fully saturated rings. The predicted octanol–water partition coefficient (Wildman–Crippen LogP) is 5.06. The summed E-state index contributed by atoms with van der Waals surface area (Å²) in [5.41, 5.74) is 1.51. The van der Waals surface area contributed by atoms with Gasteiger partial charge in [0.2, 0.25) is 0 Å². The molecule has 6 nitrogen and oxygen atoms in total. The minimum Gasteiger partial charge on any atom is -0.431 e. The third-order valence-corrected chi connectivity index (χ3v) is 6.65. The first-order valence-corrected chi connectivity index (χ1v) is 11.3. The number of nitrogens with zero attached hydrogens (tertiary/aromatic N) is 2. The van der Waals surface area contributed by atoms with E-state index in [0.717, 1.165) is 21.3 Å². The number of nitrogens with one attached hydrogen (secondary N) is 1. The lowest BCUT2D eigenvalue weighted by atomic mass is 9.79. The molecule has 1 unspecified atom stereocenters. The van der Waals surface area contributed by atoms with Gasteiger partial charge in [-0.25, -0.2) is 9.59 Å². The molecule has 7 heteroatoms. The fourth-order valence-corrected chi connectivity index (χ4v) is 4.84. The fourth-order valence-electron chi connectivity index (χ4n) is 4.57. The highest BCUT2D eigenvalue weighted by Crippen LogP contribution is 2.45. The summed E-state index contributed by atoms with van der Waals surface area (Å²) < 4.78 is 7.10. The Bertz CT molecular complexity index is 1080. The molecule has 2 heterocycles. The highest BCUT2D eigenvalue weighted by molar-refractivity contribution is 9.10. The van der Waals surface area contributed by atoms with Crippen molar-refractivity contribution in [1.29, 1.82) is 0 Å². The summed E-state index contributed by atoms with van der Waals surface area (Å²) in [6, 6.07) is 26.5. The zero-order chi connectivity index (χ0) is 22.1. The maximum absolute atomic E-state index is 13.1. The van der Waals surface area contributed by atoms with Crippen LogP contribution in [0.1, 0.15) is 11.1 Å². The molecule has 1 N–H and O–H groups in total. The molecule has 3 aromatic rings. The number of benzene rings is 3. The van der Waals surface area contributed by atoms with Gasteiger partial charge in [-0.15, -0.1) is 0 Å². The quantitative estimate of drug-likeness (QED) is 0.556. The van der Waals surface area contributed by atoms with E-state index in [9.17, 15) is 9.59 Å². The molecule has 0 radical (unpaired) electrons. The number of hydrogen-bond donors (Lipinski definition) is 1. The Hall–Kier alpha value is -3.32. The van der Waals surface area contributed by atoms with Crippen LogP contribution in [0.4, 0.5) is 15.3 Å². The summed E-state index contributed by atoms with van der Waals surface area (Å²) in [6.45, 7) is 1.21. The number of cyclic esters (lactones) is 1. The normalized spacial score (nSPS) is 19.3. The van der Waals surface area contributed by atoms with Crippen molar-refractivity contribution in [3.8, 4) is 0 Å². The molecule has 0 bridgehead atoms. The van der Waals surface area contributed by atoms with Crippen molar-refractivity contribution >= 4 is 33.7 Å². The molecule has 0 aromatic heterocycles. The first-order valence-electron chi connectivity index (χ1n) is 10.5. The largest absolute Gasteiger partial charge is 0.431 e. The fraction of sp³-hybridized carbons (Fsp3) is 0.200. The van der Waals surface area contributed by atoms with Crippen LogP contribution < -0.4 is 5.32 Å². The predicted molar refractivity (Wildman–Crippen MR) is 125 cm³/mol. The second kappa shape index (κ2) is 8.31. The molecule has 2 saturated heterocycles. The number of carbonyl (C=O) groups excluding carboxylic acids is 2. The number of halogens is 1. The monoisotopic (exact) mass is 491 g/mol. The smallest absolute Gasteiger partial charge is 0.411 e. The topological polar surface area (TPSA) is 61.9 Å². The number of amides is 3. The SMILES string of the molecule is O=C(Nc1ccc(Br)cc1)N1CCN2C(=O)OC(c3ccccc3)(c3ccccc3)C2C1. The van der Waals surface area contributed by atoms with E-state index in [4.69, 9.17) is 4.74 Å². The van der Waals surface area contributed by atoms with Gasteiger partial charge in [0.15, 0.2) is 5.60 Å². The molecule has 32 heavy (non-hydrogen) atoms. The maximum Gasteiger partial charge on any atom is 0.411 e. The van der Waals surface area contributed by atoms with Crippen LogP contribution in [0.3, 0.4) is 0 Å². The zero-order valence-corrected chi connectivity index (χ0v) is 18.9. The first-order chi connectivity index (χ1) is 15.6. The number of piperazine rings is 1. The highest BCUT2D eigenvalue weighted by atomic mass is 79.9. The van der Waals surface area contributed by atoms with Gasteiger partial charge in [0.25, 0.3) is 0 Å². The van der Waals surface area contributed by atoms with Crippen molar-refractivity contribution in [2.24, 2.45) is 0 Å². The van der Waals surface area contributed by atoms with Gasteiger partial charge in [0.05, 0.1) is 0 Å². The maximum atomic E-state index is 13.1. The minimum absolute atomic E-state index is 0.193. The summed E-state index contributed by atoms with van der Waals surface area (Å²) in [7, 11) is 0. The summed E-state index contributed by atoms with van der Waals surface area (Å²) in [5, 5.41) is 2.96. The summed E-state index contributed by atoms with van der Waals surface area (Å²) in [4.78, 5) is 29.5. The van der Waals surface area contributed by atoms with E-state index in [2.05, 4.69) is 21.2 Å². The molecule has 0 aliphatic carbocycles. The Labute approximate surface area is 194 Å². The van der Waals surface area contributed by atoms with Crippen LogP contribution in [0.5, 0.6) is 0 Å². The van der Waals surface area contributed by atoms with Crippen LogP contribution in [0.15, 0.2) is 89.4 Å². The Morgan fingerprint density at radius 1 is 0.906 bits per heavy atom. The number of fused-ring (bicyclic) bond motifs is 1. The molecular weight excluding hydrogens is 470 g/mol. The lowest BCUT2D eigenvalue weighted by Gasteiger charge is -2.42. The van der Waals surface area contributed by atoms with Crippen LogP contribution in [-0.4, -0.2) is 47.6 Å². The van der Waals surface area contributed by atoms with Crippen LogP contribution in [-0.2, 0) is 10.3 Å². The second-order valence-corrected chi connectivity index (χ2v) is 8.84. The van der Waals surface area contributed by atoms with E-state index in [0.29, 0.717) is 19.6 Å². The molecule has 3 aromatic carbocycles. The van der Waals surface area contributed by atoms with E-state index < -0.39 is 5.60 Å². The van der Waals surface area contributed by atoms with E-state index in [-0.39, 0.29) is 18.2 Å². The number of rotatable bonds is 3. The van der Waals surface area contributed by atoms with Gasteiger partial charge in [-0.05, 0) is 24.3 Å². The van der Waals surface area contributed by atoms with E-state index in [1.807, 2.05) is 84.9 Å². The average Bonchev–Trinajstić information content (AvgIpc) is 3.14. The molecule has 0 saturated carbocycles. The van der Waals surface area contributed by atoms with Gasteiger partial charge < -0.3 is 15.0 Å². The van der Waals surface area contributed by atoms with Gasteiger partial charge in [0.1, 0.15) is 6.04 Å². The van der Waals surface area contributed by atoms with Gasteiger partial charge in [-0.1, -0.05) is 76.6 Å². The molecule has 3 amide bonds. The molecule has 1 atom stereocenters. The molecule has 2 aliphatic heterocycles.